The Bertz CT molecular complexity index is 1850. The van der Waals surface area contributed by atoms with Gasteiger partial charge < -0.3 is 68.8 Å². The molecule has 0 spiro atoms. The molecule has 432 valence electrons. The summed E-state index contributed by atoms with van der Waals surface area (Å²) in [6.07, 6.45) is 17.4. The van der Waals surface area contributed by atoms with Crippen LogP contribution in [0.25, 0.3) is 0 Å². The number of primary amides is 1. The number of ether oxygens (including phenoxy) is 4. The Morgan fingerprint density at radius 2 is 1.07 bits per heavy atom. The number of amidine groups is 1. The van der Waals surface area contributed by atoms with Crippen molar-refractivity contribution in [3.8, 4) is 5.75 Å². The van der Waals surface area contributed by atoms with E-state index in [4.69, 9.17) is 36.3 Å². The quantitative estimate of drug-likeness (QED) is 0.0145. The van der Waals surface area contributed by atoms with E-state index in [0.717, 1.165) is 50.5 Å². The Morgan fingerprint density at radius 1 is 0.587 bits per heavy atom. The fourth-order valence-electron chi connectivity index (χ4n) is 7.44. The first-order valence-corrected chi connectivity index (χ1v) is 28.0. The number of hydrogen-bond donors (Lipinski definition) is 11. The highest BCUT2D eigenvalue weighted by atomic mass is 32.2. The summed E-state index contributed by atoms with van der Waals surface area (Å²) in [5.41, 5.74) is 11.9. The minimum absolute atomic E-state index is 0. The number of hydrazone groups is 1. The summed E-state index contributed by atoms with van der Waals surface area (Å²) in [4.78, 5) is 73.1. The molecule has 0 radical (unpaired) electrons. The lowest BCUT2D eigenvalue weighted by atomic mass is 10.0. The fraction of sp³-hybridized carbons (Fsp3) is 0.740. The minimum Gasteiger partial charge on any atom is -0.508 e. The number of aromatic hydroxyl groups is 1. The molecule has 75 heavy (non-hydrogen) atoms. The normalized spacial score (nSPS) is 12.3. The maximum absolute atomic E-state index is 12.8. The lowest BCUT2D eigenvalue weighted by molar-refractivity contribution is -0.127. The molecule has 25 heteroatoms. The first-order chi connectivity index (χ1) is 35.6. The topological polar surface area (TPSA) is 391 Å². The summed E-state index contributed by atoms with van der Waals surface area (Å²) >= 11 is 0. The lowest BCUT2D eigenvalue weighted by Gasteiger charge is -2.19. The molecule has 0 heterocycles. The van der Waals surface area contributed by atoms with Gasteiger partial charge in [0.05, 0.1) is 64.0 Å². The van der Waals surface area contributed by atoms with Gasteiger partial charge in [0.25, 0.3) is 0 Å². The van der Waals surface area contributed by atoms with E-state index < -0.39 is 33.9 Å². The van der Waals surface area contributed by atoms with E-state index >= 15 is 0 Å². The van der Waals surface area contributed by atoms with Crippen molar-refractivity contribution in [1.29, 1.82) is 0 Å². The summed E-state index contributed by atoms with van der Waals surface area (Å²) in [6.45, 7) is 1.69. The van der Waals surface area contributed by atoms with E-state index in [9.17, 15) is 42.3 Å². The van der Waals surface area contributed by atoms with Gasteiger partial charge in [-0.1, -0.05) is 82.8 Å². The van der Waals surface area contributed by atoms with Crippen LogP contribution < -0.4 is 54.8 Å². The molecule has 0 unspecified atom stereocenters. The maximum atomic E-state index is 12.8. The van der Waals surface area contributed by atoms with Crippen LogP contribution in [0.15, 0.2) is 29.4 Å². The van der Waals surface area contributed by atoms with E-state index in [0.29, 0.717) is 38.1 Å². The highest BCUT2D eigenvalue weighted by molar-refractivity contribution is 7.90. The molecular formula is C50H93N11O13S. The second kappa shape index (κ2) is 46.3. The van der Waals surface area contributed by atoms with Gasteiger partial charge in [-0.3, -0.25) is 38.8 Å². The second-order valence-electron chi connectivity index (χ2n) is 18.1. The number of ketones is 1. The van der Waals surface area contributed by atoms with Crippen molar-refractivity contribution in [2.75, 3.05) is 91.8 Å². The summed E-state index contributed by atoms with van der Waals surface area (Å²) < 4.78 is 48.2. The zero-order valence-corrected chi connectivity index (χ0v) is 45.5. The summed E-state index contributed by atoms with van der Waals surface area (Å²) in [5.74, 6) is 3.25. The Labute approximate surface area is 445 Å². The molecule has 1 aromatic rings. The van der Waals surface area contributed by atoms with Crippen LogP contribution >= 0.6 is 0 Å². The van der Waals surface area contributed by atoms with Gasteiger partial charge in [0, 0.05) is 38.9 Å². The number of phenolic OH excluding ortho intramolecular Hbond substituents is 1. The molecule has 2 atom stereocenters. The number of sulfonamides is 1. The average molecular weight is 1090 g/mol. The van der Waals surface area contributed by atoms with Gasteiger partial charge in [0.15, 0.2) is 5.78 Å². The number of nitrogens with two attached hydrogens (primary N) is 3. The molecule has 0 saturated carbocycles. The third-order valence-corrected chi connectivity index (χ3v) is 13.0. The number of carbonyl (C=O) groups excluding carboxylic acids is 6. The molecule has 0 bridgehead atoms. The first kappa shape index (κ1) is 70.0. The summed E-state index contributed by atoms with van der Waals surface area (Å²) in [5, 5.41) is 27.0. The third kappa shape index (κ3) is 41.9. The van der Waals surface area contributed by atoms with E-state index in [1.807, 2.05) is 0 Å². The standard InChI is InChI=1S/C50H90N10O13S.H3N/c1-54-42(44(62)37-58-43(50(52)67)36-40-22-24-41(61)25-23-40)18-15-16-26-55-48(65)38-72-33-32-71-30-28-57-49(66)39-73-34-31-70-29-27-56-46(63)21-17-35-74(68,69)60-47(64)20-14-12-10-8-6-4-2-3-5-7-9-11-13-19-45(51)59-53;/h22-25,42-43,54,58,61H,2-21,26-39,53H2,1H3,(H2,51,59)(H2,52,67)(H,55,65)(H,56,63)(H,57,66)(H,60,64);1H3/t42-,43-;/m0./s1. The average Bonchev–Trinajstić information content (AvgIpc) is 3.36. The van der Waals surface area contributed by atoms with Gasteiger partial charge in [-0.05, 0) is 69.7 Å². The summed E-state index contributed by atoms with van der Waals surface area (Å²) in [6, 6.07) is 5.22. The van der Waals surface area contributed by atoms with Crippen molar-refractivity contribution in [3.63, 3.8) is 0 Å². The predicted molar refractivity (Wildman–Crippen MR) is 288 cm³/mol. The molecule has 1 aromatic carbocycles. The summed E-state index contributed by atoms with van der Waals surface area (Å²) in [7, 11) is -2.14. The van der Waals surface area contributed by atoms with E-state index in [1.54, 1.807) is 19.2 Å². The zero-order chi connectivity index (χ0) is 54.5. The predicted octanol–water partition coefficient (Wildman–Crippen LogP) is 1.59. The molecule has 0 aliphatic carbocycles. The highest BCUT2D eigenvalue weighted by Crippen LogP contribution is 2.14. The van der Waals surface area contributed by atoms with Crippen molar-refractivity contribution in [1.82, 2.24) is 37.5 Å². The number of rotatable bonds is 50. The molecule has 0 aliphatic heterocycles. The van der Waals surface area contributed by atoms with Crippen LogP contribution in [-0.2, 0) is 64.2 Å². The van der Waals surface area contributed by atoms with Crippen molar-refractivity contribution in [2.24, 2.45) is 22.4 Å². The number of carbonyl (C=O) groups is 6. The number of phenols is 1. The molecule has 16 N–H and O–H groups in total. The molecule has 0 aromatic heterocycles. The monoisotopic (exact) mass is 1090 g/mol. The Hall–Kier alpha value is -5.02. The number of amides is 5. The first-order valence-electron chi connectivity index (χ1n) is 26.3. The van der Waals surface area contributed by atoms with Crippen LogP contribution in [0.1, 0.15) is 134 Å². The van der Waals surface area contributed by atoms with Gasteiger partial charge >= 0.3 is 0 Å². The van der Waals surface area contributed by atoms with E-state index in [1.165, 1.54) is 50.7 Å². The highest BCUT2D eigenvalue weighted by Gasteiger charge is 2.21. The van der Waals surface area contributed by atoms with Crippen LogP contribution in [0.3, 0.4) is 0 Å². The van der Waals surface area contributed by atoms with Crippen molar-refractivity contribution in [3.05, 3.63) is 29.8 Å². The van der Waals surface area contributed by atoms with Gasteiger partial charge in [-0.25, -0.2) is 8.42 Å². The molecule has 0 saturated heterocycles. The third-order valence-electron chi connectivity index (χ3n) is 11.7. The maximum Gasteiger partial charge on any atom is 0.246 e. The van der Waals surface area contributed by atoms with Gasteiger partial charge in [0.2, 0.25) is 39.6 Å². The molecule has 0 aliphatic rings. The number of benzene rings is 1. The number of hydrogen-bond acceptors (Lipinski definition) is 18. The lowest BCUT2D eigenvalue weighted by Crippen LogP contribution is -2.48. The molecule has 1 rings (SSSR count). The van der Waals surface area contributed by atoms with Crippen LogP contribution in [0.5, 0.6) is 5.75 Å². The number of Topliss-reactive ketones (excluding diaryl/α,β-unsaturated/α-hetero) is 1. The van der Waals surface area contributed by atoms with Crippen molar-refractivity contribution < 1.29 is 61.2 Å². The molecule has 0 fully saturated rings. The Balaban J connectivity index is 0.0000548. The van der Waals surface area contributed by atoms with Crippen LogP contribution in [0.4, 0.5) is 0 Å². The Morgan fingerprint density at radius 3 is 1.59 bits per heavy atom. The number of unbranched alkanes of at least 4 members (excludes halogenated alkanes) is 13. The Kier molecular flexibility index (Phi) is 43.2. The number of nitrogens with one attached hydrogen (secondary N) is 6. The molecule has 24 nitrogen and oxygen atoms in total. The fourth-order valence-corrected chi connectivity index (χ4v) is 8.52. The van der Waals surface area contributed by atoms with Gasteiger partial charge in [-0.15, -0.1) is 0 Å². The van der Waals surface area contributed by atoms with Crippen LogP contribution in [-0.4, -0.2) is 159 Å². The SMILES string of the molecule is CN[C@@H](CCCCNC(=O)COCCOCCNC(=O)COCCOCCNC(=O)CCCS(=O)(=O)NC(=O)CCCCCCCCCCCCCCCC(N)=NN)C(=O)CN[C@@H](Cc1ccc(O)cc1)C(N)=O.N. The largest absolute Gasteiger partial charge is 0.508 e. The minimum atomic E-state index is -3.82. The van der Waals surface area contributed by atoms with Crippen molar-refractivity contribution >= 4 is 51.2 Å². The van der Waals surface area contributed by atoms with E-state index in [2.05, 4.69) is 36.4 Å². The van der Waals surface area contributed by atoms with Crippen LogP contribution in [0.2, 0.25) is 0 Å². The second-order valence-corrected chi connectivity index (χ2v) is 19.9. The van der Waals surface area contributed by atoms with Gasteiger partial charge in [-0.2, -0.15) is 5.10 Å². The van der Waals surface area contributed by atoms with Crippen molar-refractivity contribution in [2.45, 2.75) is 147 Å². The number of nitrogens with zero attached hydrogens (tertiary/aromatic N) is 1. The smallest absolute Gasteiger partial charge is 0.246 e. The van der Waals surface area contributed by atoms with Gasteiger partial charge in [0.1, 0.15) is 24.8 Å². The van der Waals surface area contributed by atoms with E-state index in [-0.39, 0.29) is 139 Å². The number of likely N-dealkylation sites (N-methyl/N-ethyl adjacent to an activating group) is 1. The zero-order valence-electron chi connectivity index (χ0n) is 44.6. The molecular weight excluding hydrogens is 995 g/mol. The van der Waals surface area contributed by atoms with Crippen LogP contribution in [0, 0.1) is 0 Å². The molecule has 5 amide bonds.